The van der Waals surface area contributed by atoms with Gasteiger partial charge in [-0.15, -0.1) is 11.8 Å². The lowest BCUT2D eigenvalue weighted by atomic mass is 10.0. The predicted octanol–water partition coefficient (Wildman–Crippen LogP) is 2.38. The van der Waals surface area contributed by atoms with Gasteiger partial charge >= 0.3 is 5.97 Å². The molecular weight excluding hydrogens is 191 g/mol. The lowest BCUT2D eigenvalue weighted by molar-refractivity contribution is -0.144. The second kappa shape index (κ2) is 4.31. The monoisotopic (exact) mass is 206 g/mol. The molecule has 0 spiro atoms. The lowest BCUT2D eigenvalue weighted by Crippen LogP contribution is -2.24. The van der Waals surface area contributed by atoms with Gasteiger partial charge in [-0.05, 0) is 6.42 Å². The molecule has 0 N–H and O–H groups in total. The fourth-order valence-electron chi connectivity index (χ4n) is 1.55. The highest BCUT2D eigenvalue weighted by atomic mass is 32.2. The minimum atomic E-state index is -1.01. The number of carbonyl (C=O) groups excluding carboxylic acids is 1. The first-order valence-corrected chi connectivity index (χ1v) is 5.47. The van der Waals surface area contributed by atoms with E-state index in [-0.39, 0.29) is 11.2 Å². The summed E-state index contributed by atoms with van der Waals surface area (Å²) in [7, 11) is 0. The first-order valence-electron chi connectivity index (χ1n) is 4.53. The summed E-state index contributed by atoms with van der Waals surface area (Å²) in [6, 6.07) is 0. The van der Waals surface area contributed by atoms with E-state index in [0.29, 0.717) is 0 Å². The van der Waals surface area contributed by atoms with Gasteiger partial charge < -0.3 is 4.74 Å². The molecule has 0 bridgehead atoms. The maximum absolute atomic E-state index is 13.5. The van der Waals surface area contributed by atoms with Crippen molar-refractivity contribution in [2.75, 3.05) is 0 Å². The van der Waals surface area contributed by atoms with Gasteiger partial charge in [0.15, 0.2) is 11.6 Å². The topological polar surface area (TPSA) is 26.3 Å². The third-order valence-electron chi connectivity index (χ3n) is 2.34. The number of rotatable bonds is 2. The zero-order chi connectivity index (χ0) is 10.0. The summed E-state index contributed by atoms with van der Waals surface area (Å²) in [5.74, 6) is -0.413. The second-order valence-electron chi connectivity index (χ2n) is 3.36. The van der Waals surface area contributed by atoms with Crippen LogP contribution in [-0.2, 0) is 9.53 Å². The fourth-order valence-corrected chi connectivity index (χ4v) is 3.07. The molecule has 0 amide bonds. The summed E-state index contributed by atoms with van der Waals surface area (Å²) in [6.07, 6.45) is -0.0943. The van der Waals surface area contributed by atoms with Crippen molar-refractivity contribution < 1.29 is 13.9 Å². The number of esters is 1. The van der Waals surface area contributed by atoms with Crippen molar-refractivity contribution in [3.8, 4) is 0 Å². The normalized spacial score (nSPS) is 39.1. The molecule has 1 rings (SSSR count). The van der Waals surface area contributed by atoms with Gasteiger partial charge in [0.1, 0.15) is 0 Å². The molecule has 1 saturated heterocycles. The molecular formula is C9H15FO2S. The molecule has 13 heavy (non-hydrogen) atoms. The maximum atomic E-state index is 13.5. The Bertz CT molecular complexity index is 198. The Labute approximate surface area is 82.2 Å². The van der Waals surface area contributed by atoms with Crippen LogP contribution in [0, 0.1) is 5.92 Å². The van der Waals surface area contributed by atoms with Gasteiger partial charge in [-0.3, -0.25) is 4.79 Å². The van der Waals surface area contributed by atoms with Crippen LogP contribution in [0.4, 0.5) is 4.39 Å². The molecule has 4 heteroatoms. The van der Waals surface area contributed by atoms with Crippen LogP contribution < -0.4 is 0 Å². The third kappa shape index (κ3) is 2.36. The molecule has 0 radical (unpaired) electrons. The minimum Gasteiger partial charge on any atom is -0.448 e. The number of carbonyl (C=O) groups is 1. The van der Waals surface area contributed by atoms with E-state index in [1.54, 1.807) is 0 Å². The highest BCUT2D eigenvalue weighted by molar-refractivity contribution is 8.00. The van der Waals surface area contributed by atoms with Gasteiger partial charge in [-0.1, -0.05) is 13.8 Å². The largest absolute Gasteiger partial charge is 0.448 e. The van der Waals surface area contributed by atoms with Crippen molar-refractivity contribution in [3.63, 3.8) is 0 Å². The van der Waals surface area contributed by atoms with Crippen molar-refractivity contribution in [1.29, 1.82) is 0 Å². The smallest absolute Gasteiger partial charge is 0.303 e. The SMILES string of the molecule is CC[C@H]1SC(OC(C)=O)[C@@H](F)[C@@H]1C. The number of thioether (sulfide) groups is 1. The molecule has 1 unspecified atom stereocenters. The molecule has 0 aromatic rings. The summed E-state index contributed by atoms with van der Waals surface area (Å²) in [5, 5.41) is 0.277. The van der Waals surface area contributed by atoms with Gasteiger partial charge in [0.2, 0.25) is 0 Å². The van der Waals surface area contributed by atoms with Crippen LogP contribution in [0.2, 0.25) is 0 Å². The Morgan fingerprint density at radius 3 is 2.62 bits per heavy atom. The van der Waals surface area contributed by atoms with Crippen molar-refractivity contribution in [3.05, 3.63) is 0 Å². The molecule has 4 atom stereocenters. The third-order valence-corrected chi connectivity index (χ3v) is 4.08. The Morgan fingerprint density at radius 2 is 2.23 bits per heavy atom. The zero-order valence-electron chi connectivity index (χ0n) is 8.12. The molecule has 0 aromatic heterocycles. The Balaban J connectivity index is 2.55. The molecule has 1 fully saturated rings. The molecule has 76 valence electrons. The van der Waals surface area contributed by atoms with Crippen molar-refractivity contribution in [2.24, 2.45) is 5.92 Å². The Morgan fingerprint density at radius 1 is 1.62 bits per heavy atom. The number of ether oxygens (including phenoxy) is 1. The van der Waals surface area contributed by atoms with E-state index in [9.17, 15) is 9.18 Å². The molecule has 1 aliphatic rings. The highest BCUT2D eigenvalue weighted by Gasteiger charge is 2.42. The average Bonchev–Trinajstić information content (AvgIpc) is 2.32. The van der Waals surface area contributed by atoms with E-state index in [1.807, 2.05) is 13.8 Å². The summed E-state index contributed by atoms with van der Waals surface area (Å²) < 4.78 is 18.4. The van der Waals surface area contributed by atoms with Gasteiger partial charge in [0.05, 0.1) is 0 Å². The van der Waals surface area contributed by atoms with E-state index in [4.69, 9.17) is 4.74 Å². The molecule has 1 heterocycles. The highest BCUT2D eigenvalue weighted by Crippen LogP contribution is 2.42. The summed E-state index contributed by atoms with van der Waals surface area (Å²) >= 11 is 1.44. The van der Waals surface area contributed by atoms with E-state index in [2.05, 4.69) is 0 Å². The van der Waals surface area contributed by atoms with Gasteiger partial charge in [0, 0.05) is 18.1 Å². The lowest BCUT2D eigenvalue weighted by Gasteiger charge is -2.13. The molecule has 0 aromatic carbocycles. The predicted molar refractivity (Wildman–Crippen MR) is 51.3 cm³/mol. The minimum absolute atomic E-state index is 0.0145. The van der Waals surface area contributed by atoms with Crippen LogP contribution >= 0.6 is 11.8 Å². The van der Waals surface area contributed by atoms with Crippen LogP contribution in [0.1, 0.15) is 27.2 Å². The number of hydrogen-bond donors (Lipinski definition) is 0. The van der Waals surface area contributed by atoms with Crippen molar-refractivity contribution in [2.45, 2.75) is 44.0 Å². The number of hydrogen-bond acceptors (Lipinski definition) is 3. The van der Waals surface area contributed by atoms with E-state index >= 15 is 0 Å². The van der Waals surface area contributed by atoms with Gasteiger partial charge in [0.25, 0.3) is 0 Å². The van der Waals surface area contributed by atoms with E-state index in [1.165, 1.54) is 18.7 Å². The van der Waals surface area contributed by atoms with Crippen LogP contribution in [0.5, 0.6) is 0 Å². The summed E-state index contributed by atoms with van der Waals surface area (Å²) in [4.78, 5) is 10.6. The van der Waals surface area contributed by atoms with E-state index in [0.717, 1.165) is 6.42 Å². The van der Waals surface area contributed by atoms with Gasteiger partial charge in [-0.2, -0.15) is 0 Å². The molecule has 1 aliphatic heterocycles. The summed E-state index contributed by atoms with van der Waals surface area (Å²) in [6.45, 7) is 5.21. The van der Waals surface area contributed by atoms with Gasteiger partial charge in [-0.25, -0.2) is 4.39 Å². The first-order chi connectivity index (χ1) is 6.06. The number of alkyl halides is 1. The maximum Gasteiger partial charge on any atom is 0.303 e. The zero-order valence-corrected chi connectivity index (χ0v) is 8.94. The fraction of sp³-hybridized carbons (Fsp3) is 0.889. The molecule has 0 aliphatic carbocycles. The van der Waals surface area contributed by atoms with Crippen molar-refractivity contribution >= 4 is 17.7 Å². The average molecular weight is 206 g/mol. The quantitative estimate of drug-likeness (QED) is 0.649. The van der Waals surface area contributed by atoms with Crippen LogP contribution in [-0.4, -0.2) is 22.8 Å². The second-order valence-corrected chi connectivity index (χ2v) is 4.71. The number of halogens is 1. The first kappa shape index (κ1) is 10.8. The van der Waals surface area contributed by atoms with E-state index < -0.39 is 17.6 Å². The Hall–Kier alpha value is -0.250. The van der Waals surface area contributed by atoms with Crippen LogP contribution in [0.25, 0.3) is 0 Å². The molecule has 2 nitrogen and oxygen atoms in total. The summed E-state index contributed by atoms with van der Waals surface area (Å²) in [5.41, 5.74) is -0.586. The van der Waals surface area contributed by atoms with Crippen LogP contribution in [0.3, 0.4) is 0 Å². The standard InChI is InChI=1S/C9H15FO2S/c1-4-7-5(2)8(10)9(13-7)12-6(3)11/h5,7-9H,4H2,1-3H3/t5-,7-,8+,9?/m1/s1. The van der Waals surface area contributed by atoms with Crippen LogP contribution in [0.15, 0.2) is 0 Å². The Kier molecular flexibility index (Phi) is 3.59. The molecule has 0 saturated carbocycles. The van der Waals surface area contributed by atoms with Crippen molar-refractivity contribution in [1.82, 2.24) is 0 Å².